The first-order valence-electron chi connectivity index (χ1n) is 24.8. The molecule has 12 saturated carbocycles. The summed E-state index contributed by atoms with van der Waals surface area (Å²) in [6.07, 6.45) is -47.1. The van der Waals surface area contributed by atoms with Gasteiger partial charge in [0.25, 0.3) is 51.0 Å². The Hall–Kier alpha value is -3.81. The summed E-state index contributed by atoms with van der Waals surface area (Å²) in [4.78, 5) is 0. The lowest BCUT2D eigenvalue weighted by Crippen LogP contribution is -3.10. The topological polar surface area (TPSA) is 88.4 Å². The van der Waals surface area contributed by atoms with Crippen molar-refractivity contribution in [2.75, 3.05) is 19.8 Å². The number of aliphatic hydroxyl groups excluding tert-OH is 3. The van der Waals surface area contributed by atoms with Crippen LogP contribution in [0, 0.1) is 5.41 Å². The van der Waals surface area contributed by atoms with Crippen LogP contribution in [0.5, 0.6) is 0 Å². The summed E-state index contributed by atoms with van der Waals surface area (Å²) < 4.78 is 804. The first-order valence-corrected chi connectivity index (χ1v) is 24.8. The molecule has 99 heavy (non-hydrogen) atoms. The van der Waals surface area contributed by atoms with Crippen LogP contribution in [0.1, 0.15) is 13.3 Å². The van der Waals surface area contributed by atoms with Gasteiger partial charge in [-0.3, -0.25) is 0 Å². The number of alkyl halides is 51. The molecule has 578 valence electrons. The molecule has 0 spiro atoms. The molecule has 12 fully saturated rings. The Kier molecular flexibility index (Phi) is 14.0. The molecule has 0 heterocycles. The second kappa shape index (κ2) is 17.5. The third kappa shape index (κ3) is 5.37. The van der Waals surface area contributed by atoms with Gasteiger partial charge in [0.1, 0.15) is 0 Å². The highest BCUT2D eigenvalue weighted by molar-refractivity contribution is 5.60. The highest BCUT2D eigenvalue weighted by Gasteiger charge is 3.29. The van der Waals surface area contributed by atoms with Crippen molar-refractivity contribution in [1.82, 2.24) is 0 Å². The summed E-state index contributed by atoms with van der Waals surface area (Å²) in [5.41, 5.74) is -145. The van der Waals surface area contributed by atoms with Gasteiger partial charge in [-0.15, -0.1) is 0 Å². The second-order valence-corrected chi connectivity index (χ2v) is 24.0. The normalized spacial score (nSPS) is 50.2. The van der Waals surface area contributed by atoms with E-state index < -0.39 is 249 Å². The van der Waals surface area contributed by atoms with E-state index in [4.69, 9.17) is 0 Å². The fraction of sp³-hybridized carbons (Fsp3) is 1.00. The molecule has 3 N–H and O–H groups in total. The van der Waals surface area contributed by atoms with Gasteiger partial charge < -0.3 is 29.5 Å². The lowest BCUT2D eigenvalue weighted by molar-refractivity contribution is -0.614. The SMILES string of the molecule is CCC(C(O)COC(F)(F)C1(F)C2(F)C(F)(F)C3(F)C(F)(F)C(F)(C2(F)F)C(F)(F)C1(F)C3(F)F)(C(O)COC(F)(F)C1(F)C2(F)C(F)(F)C3(F)C(F)(F)C(F)(C2(F)F)C(F)(F)C1(F)C3(F)F)C(O)COC(F)(F)C1(F)C2(F)C(F)(F)C3(F)C(F)(F)C(F)(C2(F)F)C(F)(F)C1(F)C3(F)F. The first kappa shape index (κ1) is 79.3. The highest BCUT2D eigenvalue weighted by atomic mass is 19.4. The molecular weight excluding hydrogens is 1570 g/mol. The van der Waals surface area contributed by atoms with Crippen LogP contribution in [-0.4, -0.2) is 246 Å². The molecule has 0 aromatic rings. The number of ether oxygens (including phenoxy) is 3. The molecule has 6 nitrogen and oxygen atoms in total. The molecule has 12 bridgehead atoms. The van der Waals surface area contributed by atoms with Crippen LogP contribution in [0.25, 0.3) is 0 Å². The molecule has 12 rings (SSSR count). The summed E-state index contributed by atoms with van der Waals surface area (Å²) in [5.74, 6) is -138. The standard InChI is InChI=1S/C42H17F51O6/c1-2-9(6(94)3-97-40(88,89)10(43)13(46)25(58,59)19(52)27(62,63)14(10,47)28(64,65)20(53,26(13,60)61)37(19,82)83,7(95)4-98-41(90,91)11(44)15(48)29(66,67)21(54)31(70,71)16(11,49)32(72,73)22(55,30(15,68)69)38(21,84)85)8(96)5-99-42(92,93)12(45)17(50)33(74,75)23(56)35(78,79)18(12,51)36(80,81)24(57,34(17,76)77)39(23,86)87/h6-8,94-96H,2-5H2,1H3. The van der Waals surface area contributed by atoms with Gasteiger partial charge in [-0.1, -0.05) is 6.92 Å². The minimum atomic E-state index is -9.61. The van der Waals surface area contributed by atoms with Gasteiger partial charge in [-0.25, -0.2) is 65.9 Å². The van der Waals surface area contributed by atoms with E-state index >= 15 is 198 Å². The minimum Gasteiger partial charge on any atom is -0.390 e. The lowest BCUT2D eigenvalue weighted by Gasteiger charge is -2.75. The third-order valence-corrected chi connectivity index (χ3v) is 20.8. The van der Waals surface area contributed by atoms with Crippen molar-refractivity contribution in [3.05, 3.63) is 0 Å². The van der Waals surface area contributed by atoms with Gasteiger partial charge in [0, 0.05) is 0 Å². The maximum Gasteiger partial charge on any atom is 0.397 e. The maximum atomic E-state index is 16.8. The number of hydrogen-bond acceptors (Lipinski definition) is 6. The molecule has 0 radical (unpaired) electrons. The van der Waals surface area contributed by atoms with Crippen molar-refractivity contribution >= 4 is 0 Å². The Morgan fingerprint density at radius 2 is 0.313 bits per heavy atom. The quantitative estimate of drug-likeness (QED) is 0.134. The van der Waals surface area contributed by atoms with E-state index in [-0.39, 0.29) is 0 Å². The first-order chi connectivity index (χ1) is 42.7. The van der Waals surface area contributed by atoms with E-state index in [1.165, 1.54) is 0 Å². The summed E-state index contributed by atoms with van der Waals surface area (Å²) in [7, 11) is 0. The predicted octanol–water partition coefficient (Wildman–Crippen LogP) is 13.6. The van der Waals surface area contributed by atoms with Crippen LogP contribution in [0.3, 0.4) is 0 Å². The van der Waals surface area contributed by atoms with E-state index in [9.17, 15) is 41.7 Å². The average Bonchev–Trinajstić information content (AvgIpc) is 0.600. The zero-order chi connectivity index (χ0) is 78.7. The van der Waals surface area contributed by atoms with Crippen LogP contribution < -0.4 is 0 Å². The Morgan fingerprint density at radius 3 is 0.414 bits per heavy atom. The largest absolute Gasteiger partial charge is 0.397 e. The maximum absolute atomic E-state index is 16.8. The smallest absolute Gasteiger partial charge is 0.390 e. The number of halogens is 51. The van der Waals surface area contributed by atoms with Crippen LogP contribution in [0.4, 0.5) is 224 Å². The molecular formula is C42H17F51O6. The van der Waals surface area contributed by atoms with Crippen LogP contribution in [0.2, 0.25) is 0 Å². The summed E-state index contributed by atoms with van der Waals surface area (Å²) in [5, 5.41) is 32.8. The average molecular weight is 1590 g/mol. The van der Waals surface area contributed by atoms with Crippen molar-refractivity contribution < 1.29 is 253 Å². The van der Waals surface area contributed by atoms with Gasteiger partial charge in [0.05, 0.1) is 43.5 Å². The second-order valence-electron chi connectivity index (χ2n) is 24.0. The third-order valence-electron chi connectivity index (χ3n) is 20.8. The van der Waals surface area contributed by atoms with Gasteiger partial charge in [0.2, 0.25) is 0 Å². The summed E-state index contributed by atoms with van der Waals surface area (Å²) >= 11 is 0. The molecule has 0 aromatic carbocycles. The zero-order valence-electron chi connectivity index (χ0n) is 44.4. The van der Waals surface area contributed by atoms with Crippen molar-refractivity contribution in [3.8, 4) is 0 Å². The van der Waals surface area contributed by atoms with Gasteiger partial charge in [-0.05, 0) is 6.42 Å². The van der Waals surface area contributed by atoms with E-state index in [1.807, 2.05) is 0 Å². The summed E-state index contributed by atoms with van der Waals surface area (Å²) in [6.45, 7) is -14.6. The lowest BCUT2D eigenvalue weighted by atomic mass is 9.37. The Labute approximate surface area is 503 Å². The molecule has 0 aromatic heterocycles. The molecule has 3 unspecified atom stereocenters. The van der Waals surface area contributed by atoms with Gasteiger partial charge >= 0.3 is 141 Å². The van der Waals surface area contributed by atoms with Gasteiger partial charge in [-0.2, -0.15) is 158 Å². The highest BCUT2D eigenvalue weighted by Crippen LogP contribution is 2.94. The van der Waals surface area contributed by atoms with Crippen molar-refractivity contribution in [1.29, 1.82) is 0 Å². The summed E-state index contributed by atoms with van der Waals surface area (Å²) in [6, 6.07) is 0. The Bertz CT molecular complexity index is 2840. The van der Waals surface area contributed by atoms with Crippen LogP contribution in [-0.2, 0) is 14.2 Å². The van der Waals surface area contributed by atoms with Crippen LogP contribution >= 0.6 is 0 Å². The monoisotopic (exact) mass is 1590 g/mol. The van der Waals surface area contributed by atoms with Crippen LogP contribution in [0.15, 0.2) is 0 Å². The zero-order valence-corrected chi connectivity index (χ0v) is 44.4. The van der Waals surface area contributed by atoms with E-state index in [2.05, 4.69) is 14.2 Å². The predicted molar refractivity (Wildman–Crippen MR) is 195 cm³/mol. The van der Waals surface area contributed by atoms with Gasteiger partial charge in [0.15, 0.2) is 0 Å². The number of hydrogen-bond donors (Lipinski definition) is 3. The molecule has 3 atom stereocenters. The molecule has 12 aliphatic carbocycles. The Balaban J connectivity index is 1.21. The fourth-order valence-corrected chi connectivity index (χ4v) is 15.5. The fourth-order valence-electron chi connectivity index (χ4n) is 15.5. The molecule has 57 heteroatoms. The van der Waals surface area contributed by atoms with Crippen molar-refractivity contribution in [2.24, 2.45) is 5.41 Å². The molecule has 0 saturated heterocycles. The van der Waals surface area contributed by atoms with E-state index in [0.717, 1.165) is 0 Å². The van der Waals surface area contributed by atoms with E-state index in [0.29, 0.717) is 0 Å². The van der Waals surface area contributed by atoms with Crippen molar-refractivity contribution in [2.45, 2.75) is 224 Å². The van der Waals surface area contributed by atoms with E-state index in [1.54, 1.807) is 0 Å². The Morgan fingerprint density at radius 1 is 0.212 bits per heavy atom. The molecule has 12 aliphatic rings. The minimum absolute atomic E-state index is 0.730. The molecule has 0 amide bonds. The molecule has 0 aliphatic heterocycles. The number of rotatable bonds is 16. The number of aliphatic hydroxyl groups is 3. The van der Waals surface area contributed by atoms with Crippen molar-refractivity contribution in [3.63, 3.8) is 0 Å².